The Kier molecular flexibility index (Phi) is 6.16. The topological polar surface area (TPSA) is 85.8 Å². The maximum Gasteiger partial charge on any atom is 0.226 e. The summed E-state index contributed by atoms with van der Waals surface area (Å²) in [6.07, 6.45) is 4.80. The zero-order valence-corrected chi connectivity index (χ0v) is 17.0. The summed E-state index contributed by atoms with van der Waals surface area (Å²) < 4.78 is 20.5. The van der Waals surface area contributed by atoms with Crippen LogP contribution < -0.4 is 5.32 Å². The number of aromatic nitrogens is 4. The van der Waals surface area contributed by atoms with Crippen LogP contribution in [0.15, 0.2) is 71.5 Å². The standard InChI is InChI=1S/C23H22FN5O2/c1-29-15-14-25-23(29)21(16-10-12-18(24)13-11-16)26-19(30)8-5-9-20-27-22(28-31-20)17-6-3-2-4-7-17/h2-4,6-7,10-15,21H,5,8-9H2,1H3,(H,26,30). The van der Waals surface area contributed by atoms with Crippen molar-refractivity contribution in [1.29, 1.82) is 0 Å². The first-order valence-electron chi connectivity index (χ1n) is 10.00. The number of carbonyl (C=O) groups excluding carboxylic acids is 1. The molecule has 1 unspecified atom stereocenters. The Hall–Kier alpha value is -3.81. The van der Waals surface area contributed by atoms with E-state index in [4.69, 9.17) is 4.52 Å². The quantitative estimate of drug-likeness (QED) is 0.469. The fraction of sp³-hybridized carbons (Fsp3) is 0.217. The van der Waals surface area contributed by atoms with Crippen molar-refractivity contribution in [3.05, 3.63) is 90.1 Å². The Morgan fingerprint density at radius 2 is 1.94 bits per heavy atom. The number of benzene rings is 2. The third kappa shape index (κ3) is 5.03. The lowest BCUT2D eigenvalue weighted by molar-refractivity contribution is -0.121. The highest BCUT2D eigenvalue weighted by atomic mass is 19.1. The average Bonchev–Trinajstić information content (AvgIpc) is 3.43. The van der Waals surface area contributed by atoms with Gasteiger partial charge in [-0.1, -0.05) is 47.6 Å². The molecule has 1 N–H and O–H groups in total. The van der Waals surface area contributed by atoms with Crippen LogP contribution in [0.3, 0.4) is 0 Å². The van der Waals surface area contributed by atoms with Crippen LogP contribution >= 0.6 is 0 Å². The molecule has 0 saturated carbocycles. The molecule has 1 atom stereocenters. The molecule has 1 amide bonds. The molecule has 0 fully saturated rings. The average molecular weight is 419 g/mol. The molecule has 2 aromatic heterocycles. The van der Waals surface area contributed by atoms with Crippen LogP contribution in [0.25, 0.3) is 11.4 Å². The number of hydrogen-bond acceptors (Lipinski definition) is 5. The zero-order chi connectivity index (χ0) is 21.6. The number of rotatable bonds is 8. The minimum Gasteiger partial charge on any atom is -0.342 e. The molecular formula is C23H22FN5O2. The first-order chi connectivity index (χ1) is 15.1. The lowest BCUT2D eigenvalue weighted by Gasteiger charge is -2.19. The summed E-state index contributed by atoms with van der Waals surface area (Å²) >= 11 is 0. The molecule has 0 radical (unpaired) electrons. The summed E-state index contributed by atoms with van der Waals surface area (Å²) in [6.45, 7) is 0. The van der Waals surface area contributed by atoms with Gasteiger partial charge in [-0.2, -0.15) is 4.98 Å². The van der Waals surface area contributed by atoms with Gasteiger partial charge in [-0.05, 0) is 24.1 Å². The van der Waals surface area contributed by atoms with E-state index in [0.29, 0.717) is 30.4 Å². The van der Waals surface area contributed by atoms with Gasteiger partial charge in [0.05, 0.1) is 0 Å². The van der Waals surface area contributed by atoms with Crippen molar-refractivity contribution in [1.82, 2.24) is 25.0 Å². The second-order valence-electron chi connectivity index (χ2n) is 7.18. The normalized spacial score (nSPS) is 11.9. The molecule has 0 bridgehead atoms. The molecule has 0 spiro atoms. The number of nitrogens with zero attached hydrogens (tertiary/aromatic N) is 4. The van der Waals surface area contributed by atoms with Gasteiger partial charge in [-0.25, -0.2) is 9.37 Å². The molecule has 4 rings (SSSR count). The Labute approximate surface area is 178 Å². The van der Waals surface area contributed by atoms with Gasteiger partial charge in [-0.3, -0.25) is 4.79 Å². The van der Waals surface area contributed by atoms with Gasteiger partial charge in [-0.15, -0.1) is 0 Å². The van der Waals surface area contributed by atoms with Crippen LogP contribution in [-0.2, 0) is 18.3 Å². The zero-order valence-electron chi connectivity index (χ0n) is 17.0. The fourth-order valence-corrected chi connectivity index (χ4v) is 3.30. The number of halogens is 1. The smallest absolute Gasteiger partial charge is 0.226 e. The molecule has 7 nitrogen and oxygen atoms in total. The Morgan fingerprint density at radius 1 is 1.16 bits per heavy atom. The van der Waals surface area contributed by atoms with Crippen molar-refractivity contribution in [2.45, 2.75) is 25.3 Å². The predicted octanol–water partition coefficient (Wildman–Crippen LogP) is 3.84. The minimum absolute atomic E-state index is 0.139. The molecular weight excluding hydrogens is 397 g/mol. The molecule has 4 aromatic rings. The number of nitrogens with one attached hydrogen (secondary N) is 1. The van der Waals surface area contributed by atoms with Crippen LogP contribution in [-0.4, -0.2) is 25.6 Å². The lowest BCUT2D eigenvalue weighted by Crippen LogP contribution is -2.31. The van der Waals surface area contributed by atoms with E-state index in [1.807, 2.05) is 41.9 Å². The van der Waals surface area contributed by atoms with Crippen LogP contribution in [0, 0.1) is 5.82 Å². The molecule has 158 valence electrons. The fourth-order valence-electron chi connectivity index (χ4n) is 3.30. The Morgan fingerprint density at radius 3 is 2.65 bits per heavy atom. The van der Waals surface area contributed by atoms with E-state index >= 15 is 0 Å². The predicted molar refractivity (Wildman–Crippen MR) is 112 cm³/mol. The number of hydrogen-bond donors (Lipinski definition) is 1. The molecule has 2 aromatic carbocycles. The van der Waals surface area contributed by atoms with Crippen molar-refractivity contribution >= 4 is 5.91 Å². The van der Waals surface area contributed by atoms with E-state index in [9.17, 15) is 9.18 Å². The molecule has 8 heteroatoms. The third-order valence-corrected chi connectivity index (χ3v) is 4.92. The first-order valence-corrected chi connectivity index (χ1v) is 10.00. The van der Waals surface area contributed by atoms with E-state index in [0.717, 1.165) is 11.1 Å². The summed E-state index contributed by atoms with van der Waals surface area (Å²) in [7, 11) is 1.85. The minimum atomic E-state index is -0.471. The lowest BCUT2D eigenvalue weighted by atomic mass is 10.1. The summed E-state index contributed by atoms with van der Waals surface area (Å²) in [6, 6.07) is 15.1. The molecule has 0 saturated heterocycles. The third-order valence-electron chi connectivity index (χ3n) is 4.92. The second-order valence-corrected chi connectivity index (χ2v) is 7.18. The number of imidazole rings is 1. The van der Waals surface area contributed by atoms with Crippen molar-refractivity contribution < 1.29 is 13.7 Å². The van der Waals surface area contributed by atoms with Gasteiger partial charge in [0.1, 0.15) is 17.7 Å². The number of carbonyl (C=O) groups is 1. The second kappa shape index (κ2) is 9.34. The van der Waals surface area contributed by atoms with Gasteiger partial charge in [0.2, 0.25) is 17.6 Å². The van der Waals surface area contributed by atoms with Gasteiger partial charge >= 0.3 is 0 Å². The molecule has 2 heterocycles. The van der Waals surface area contributed by atoms with E-state index in [-0.39, 0.29) is 18.1 Å². The summed E-state index contributed by atoms with van der Waals surface area (Å²) in [5.41, 5.74) is 1.64. The van der Waals surface area contributed by atoms with E-state index < -0.39 is 6.04 Å². The van der Waals surface area contributed by atoms with Crippen molar-refractivity contribution in [2.75, 3.05) is 0 Å². The van der Waals surface area contributed by atoms with E-state index in [1.54, 1.807) is 24.5 Å². The van der Waals surface area contributed by atoms with Gasteiger partial charge in [0.15, 0.2) is 0 Å². The summed E-state index contributed by atoms with van der Waals surface area (Å²) in [5.74, 6) is 1.23. The van der Waals surface area contributed by atoms with Gasteiger partial charge < -0.3 is 14.4 Å². The summed E-state index contributed by atoms with van der Waals surface area (Å²) in [4.78, 5) is 21.4. The molecule has 0 aliphatic carbocycles. The van der Waals surface area contributed by atoms with Crippen LogP contribution in [0.2, 0.25) is 0 Å². The maximum atomic E-state index is 13.3. The number of amides is 1. The van der Waals surface area contributed by atoms with Crippen LogP contribution in [0.1, 0.15) is 36.2 Å². The Bertz CT molecular complexity index is 1140. The van der Waals surface area contributed by atoms with Gasteiger partial charge in [0.25, 0.3) is 0 Å². The van der Waals surface area contributed by atoms with Crippen molar-refractivity contribution in [2.24, 2.45) is 7.05 Å². The van der Waals surface area contributed by atoms with Crippen molar-refractivity contribution in [3.63, 3.8) is 0 Å². The summed E-state index contributed by atoms with van der Waals surface area (Å²) in [5, 5.41) is 7.00. The molecule has 0 aliphatic heterocycles. The Balaban J connectivity index is 1.37. The highest BCUT2D eigenvalue weighted by Crippen LogP contribution is 2.21. The van der Waals surface area contributed by atoms with Crippen molar-refractivity contribution in [3.8, 4) is 11.4 Å². The van der Waals surface area contributed by atoms with E-state index in [1.165, 1.54) is 12.1 Å². The van der Waals surface area contributed by atoms with Crippen LogP contribution in [0.4, 0.5) is 4.39 Å². The molecule has 0 aliphatic rings. The van der Waals surface area contributed by atoms with Gasteiger partial charge in [0, 0.05) is 37.8 Å². The highest BCUT2D eigenvalue weighted by molar-refractivity contribution is 5.76. The maximum absolute atomic E-state index is 13.3. The first kappa shape index (κ1) is 20.5. The van der Waals surface area contributed by atoms with Crippen LogP contribution in [0.5, 0.6) is 0 Å². The SMILES string of the molecule is Cn1ccnc1C(NC(=O)CCCc1nc(-c2ccccc2)no1)c1ccc(F)cc1. The monoisotopic (exact) mass is 419 g/mol. The van der Waals surface area contributed by atoms with E-state index in [2.05, 4.69) is 20.4 Å². The highest BCUT2D eigenvalue weighted by Gasteiger charge is 2.21. The number of aryl methyl sites for hydroxylation is 2. The largest absolute Gasteiger partial charge is 0.342 e. The molecule has 31 heavy (non-hydrogen) atoms.